The van der Waals surface area contributed by atoms with Crippen LogP contribution in [0.5, 0.6) is 0 Å². The molecule has 3 aromatic rings. The molecular formula is C18H15N3O2S. The van der Waals surface area contributed by atoms with Crippen LogP contribution in [0.4, 0.5) is 0 Å². The Kier molecular flexibility index (Phi) is 3.41. The number of hydrogen-bond acceptors (Lipinski definition) is 3. The zero-order chi connectivity index (χ0) is 16.7. The van der Waals surface area contributed by atoms with Crippen molar-refractivity contribution in [3.05, 3.63) is 65.4 Å². The Morgan fingerprint density at radius 2 is 1.83 bits per heavy atom. The molecule has 1 aliphatic heterocycles. The Morgan fingerprint density at radius 3 is 2.67 bits per heavy atom. The summed E-state index contributed by atoms with van der Waals surface area (Å²) in [5.74, 6) is 0. The number of benzene rings is 2. The lowest BCUT2D eigenvalue weighted by molar-refractivity contribution is 0.391. The molecule has 1 N–H and O–H groups in total. The van der Waals surface area contributed by atoms with Crippen molar-refractivity contribution in [1.82, 2.24) is 9.29 Å². The van der Waals surface area contributed by atoms with E-state index in [1.165, 1.54) is 16.4 Å². The smallest absolute Gasteiger partial charge is 0.244 e. The van der Waals surface area contributed by atoms with Crippen molar-refractivity contribution in [3.63, 3.8) is 0 Å². The zero-order valence-electron chi connectivity index (χ0n) is 12.9. The number of fused-ring (bicyclic) bond motifs is 3. The van der Waals surface area contributed by atoms with Crippen molar-refractivity contribution >= 4 is 20.9 Å². The van der Waals surface area contributed by atoms with Gasteiger partial charge in [-0.3, -0.25) is 0 Å². The van der Waals surface area contributed by atoms with Crippen molar-refractivity contribution in [2.24, 2.45) is 0 Å². The molecule has 5 nitrogen and oxygen atoms in total. The van der Waals surface area contributed by atoms with Crippen LogP contribution in [0.3, 0.4) is 0 Å². The van der Waals surface area contributed by atoms with Gasteiger partial charge < -0.3 is 4.98 Å². The normalized spacial score (nSPS) is 15.1. The van der Waals surface area contributed by atoms with E-state index in [1.54, 1.807) is 12.1 Å². The van der Waals surface area contributed by atoms with Crippen LogP contribution in [0.2, 0.25) is 0 Å². The highest BCUT2D eigenvalue weighted by Gasteiger charge is 2.31. The average Bonchev–Trinajstić information content (AvgIpc) is 2.99. The summed E-state index contributed by atoms with van der Waals surface area (Å²) in [4.78, 5) is 3.46. The molecule has 4 rings (SSSR count). The second kappa shape index (κ2) is 5.48. The van der Waals surface area contributed by atoms with Gasteiger partial charge in [-0.2, -0.15) is 9.57 Å². The molecule has 0 saturated heterocycles. The summed E-state index contributed by atoms with van der Waals surface area (Å²) in [6.07, 6.45) is 0.637. The second-order valence-electron chi connectivity index (χ2n) is 5.82. The molecule has 0 bridgehead atoms. The van der Waals surface area contributed by atoms with Gasteiger partial charge in [0.1, 0.15) is 6.07 Å². The van der Waals surface area contributed by atoms with Crippen molar-refractivity contribution < 1.29 is 8.42 Å². The van der Waals surface area contributed by atoms with Crippen LogP contribution in [0, 0.1) is 11.3 Å². The van der Waals surface area contributed by atoms with E-state index in [0.29, 0.717) is 19.5 Å². The number of nitrogens with zero attached hydrogens (tertiary/aromatic N) is 2. The fourth-order valence-corrected chi connectivity index (χ4v) is 4.82. The fourth-order valence-electron chi connectivity index (χ4n) is 3.27. The third kappa shape index (κ3) is 2.21. The summed E-state index contributed by atoms with van der Waals surface area (Å²) in [6.45, 7) is 0.726. The Labute approximate surface area is 140 Å². The third-order valence-corrected chi connectivity index (χ3v) is 6.38. The quantitative estimate of drug-likeness (QED) is 0.781. The van der Waals surface area contributed by atoms with E-state index in [-0.39, 0.29) is 10.5 Å². The van der Waals surface area contributed by atoms with Gasteiger partial charge in [0.2, 0.25) is 10.0 Å². The lowest BCUT2D eigenvalue weighted by Gasteiger charge is -2.26. The zero-order valence-corrected chi connectivity index (χ0v) is 13.7. The first kappa shape index (κ1) is 14.9. The average molecular weight is 337 g/mol. The van der Waals surface area contributed by atoms with E-state index in [0.717, 1.165) is 22.2 Å². The molecule has 0 fully saturated rings. The van der Waals surface area contributed by atoms with Gasteiger partial charge in [0.15, 0.2) is 0 Å². The van der Waals surface area contributed by atoms with Crippen LogP contribution >= 0.6 is 0 Å². The van der Waals surface area contributed by atoms with Crippen LogP contribution in [0.15, 0.2) is 53.4 Å². The number of rotatable bonds is 2. The van der Waals surface area contributed by atoms with E-state index in [2.05, 4.69) is 4.98 Å². The lowest BCUT2D eigenvalue weighted by atomic mass is 10.1. The minimum Gasteiger partial charge on any atom is -0.358 e. The summed E-state index contributed by atoms with van der Waals surface area (Å²) < 4.78 is 27.5. The van der Waals surface area contributed by atoms with Crippen LogP contribution < -0.4 is 0 Å². The van der Waals surface area contributed by atoms with E-state index >= 15 is 0 Å². The fraction of sp³-hybridized carbons (Fsp3) is 0.167. The molecule has 1 aromatic heterocycles. The number of H-pyrrole nitrogens is 1. The second-order valence-corrected chi connectivity index (χ2v) is 7.73. The van der Waals surface area contributed by atoms with Crippen LogP contribution in [0.25, 0.3) is 10.9 Å². The first-order valence-electron chi connectivity index (χ1n) is 7.69. The van der Waals surface area contributed by atoms with Crippen molar-refractivity contribution in [2.45, 2.75) is 17.9 Å². The van der Waals surface area contributed by atoms with E-state index in [9.17, 15) is 13.7 Å². The summed E-state index contributed by atoms with van der Waals surface area (Å²) in [6, 6.07) is 16.2. The SMILES string of the molecule is N#Cc1ccccc1S(=O)(=O)N1CCc2[nH]c3ccccc3c2C1. The van der Waals surface area contributed by atoms with Gasteiger partial charge in [-0.25, -0.2) is 8.42 Å². The maximum Gasteiger partial charge on any atom is 0.244 e. The molecular weight excluding hydrogens is 322 g/mol. The number of nitriles is 1. The van der Waals surface area contributed by atoms with E-state index in [1.807, 2.05) is 30.3 Å². The number of sulfonamides is 1. The Morgan fingerprint density at radius 1 is 1.08 bits per heavy atom. The molecule has 120 valence electrons. The van der Waals surface area contributed by atoms with Gasteiger partial charge in [0, 0.05) is 36.1 Å². The van der Waals surface area contributed by atoms with Gasteiger partial charge in [-0.05, 0) is 23.8 Å². The molecule has 0 spiro atoms. The summed E-state index contributed by atoms with van der Waals surface area (Å²) in [5, 5.41) is 10.3. The Balaban J connectivity index is 1.78. The molecule has 2 heterocycles. The summed E-state index contributed by atoms with van der Waals surface area (Å²) in [7, 11) is -3.70. The minimum atomic E-state index is -3.70. The van der Waals surface area contributed by atoms with Gasteiger partial charge in [0.25, 0.3) is 0 Å². The number of nitrogens with one attached hydrogen (secondary N) is 1. The van der Waals surface area contributed by atoms with Crippen molar-refractivity contribution in [3.8, 4) is 6.07 Å². The molecule has 0 radical (unpaired) electrons. The van der Waals surface area contributed by atoms with Crippen LogP contribution in [-0.4, -0.2) is 24.3 Å². The molecule has 6 heteroatoms. The van der Waals surface area contributed by atoms with Crippen LogP contribution in [-0.2, 0) is 23.0 Å². The van der Waals surface area contributed by atoms with Crippen LogP contribution in [0.1, 0.15) is 16.8 Å². The van der Waals surface area contributed by atoms with Gasteiger partial charge in [0.05, 0.1) is 10.5 Å². The first-order valence-corrected chi connectivity index (χ1v) is 9.13. The topological polar surface area (TPSA) is 77.0 Å². The predicted octanol–water partition coefficient (Wildman–Crippen LogP) is 2.79. The number of aromatic amines is 1. The molecule has 0 atom stereocenters. The molecule has 0 saturated carbocycles. The number of aromatic nitrogens is 1. The van der Waals surface area contributed by atoms with Gasteiger partial charge in [-0.15, -0.1) is 0 Å². The Bertz CT molecular complexity index is 1080. The third-order valence-electron chi connectivity index (χ3n) is 4.47. The monoisotopic (exact) mass is 337 g/mol. The number of para-hydroxylation sites is 1. The number of hydrogen-bond donors (Lipinski definition) is 1. The lowest BCUT2D eigenvalue weighted by Crippen LogP contribution is -2.36. The van der Waals surface area contributed by atoms with Crippen molar-refractivity contribution in [1.29, 1.82) is 5.26 Å². The molecule has 1 aliphatic rings. The molecule has 0 aliphatic carbocycles. The highest BCUT2D eigenvalue weighted by atomic mass is 32.2. The Hall–Kier alpha value is -2.62. The van der Waals surface area contributed by atoms with Crippen molar-refractivity contribution in [2.75, 3.05) is 6.54 Å². The summed E-state index contributed by atoms with van der Waals surface area (Å²) >= 11 is 0. The molecule has 24 heavy (non-hydrogen) atoms. The molecule has 0 unspecified atom stereocenters. The van der Waals surface area contributed by atoms with E-state index < -0.39 is 10.0 Å². The largest absolute Gasteiger partial charge is 0.358 e. The maximum absolute atomic E-state index is 13.0. The highest BCUT2D eigenvalue weighted by Crippen LogP contribution is 2.31. The van der Waals surface area contributed by atoms with Gasteiger partial charge >= 0.3 is 0 Å². The first-order chi connectivity index (χ1) is 11.6. The van der Waals surface area contributed by atoms with E-state index in [4.69, 9.17) is 0 Å². The maximum atomic E-state index is 13.0. The van der Waals surface area contributed by atoms with Gasteiger partial charge in [-0.1, -0.05) is 30.3 Å². The minimum absolute atomic E-state index is 0.0794. The highest BCUT2D eigenvalue weighted by molar-refractivity contribution is 7.89. The predicted molar refractivity (Wildman–Crippen MR) is 90.8 cm³/mol. The standard InChI is InChI=1S/C18H15N3O2S/c19-11-13-5-1-4-8-18(13)24(22,23)21-10-9-17-15(12-21)14-6-2-3-7-16(14)20-17/h1-8,20H,9-10,12H2. The summed E-state index contributed by atoms with van der Waals surface area (Å²) in [5.41, 5.74) is 3.33. The molecule has 2 aromatic carbocycles. The molecule has 0 amide bonds.